The highest BCUT2D eigenvalue weighted by atomic mass is 35.5. The molecule has 0 saturated carbocycles. The van der Waals surface area contributed by atoms with Crippen molar-refractivity contribution >= 4 is 21.4 Å². The SMILES string of the molecule is CCS(=O)(=O)c1cc(C(F)(F)F)cnc1-c1ncc(-c2cc(C#N)ccc2Cl)n1C. The summed E-state index contributed by atoms with van der Waals surface area (Å²) < 4.78 is 65.8. The number of hydrogen-bond donors (Lipinski definition) is 0. The molecule has 0 aliphatic heterocycles. The predicted molar refractivity (Wildman–Crippen MR) is 104 cm³/mol. The van der Waals surface area contributed by atoms with Gasteiger partial charge in [-0.15, -0.1) is 0 Å². The summed E-state index contributed by atoms with van der Waals surface area (Å²) in [7, 11) is -2.49. The van der Waals surface area contributed by atoms with E-state index in [0.717, 1.165) is 0 Å². The minimum atomic E-state index is -4.75. The van der Waals surface area contributed by atoms with E-state index in [1.807, 2.05) is 6.07 Å². The van der Waals surface area contributed by atoms with Crippen molar-refractivity contribution in [2.24, 2.45) is 7.05 Å². The van der Waals surface area contributed by atoms with Crippen LogP contribution in [0.3, 0.4) is 0 Å². The van der Waals surface area contributed by atoms with E-state index in [4.69, 9.17) is 16.9 Å². The average molecular weight is 455 g/mol. The summed E-state index contributed by atoms with van der Waals surface area (Å²) in [4.78, 5) is 7.40. The van der Waals surface area contributed by atoms with E-state index in [0.29, 0.717) is 34.1 Å². The van der Waals surface area contributed by atoms with Gasteiger partial charge >= 0.3 is 6.18 Å². The van der Waals surface area contributed by atoms with Gasteiger partial charge in [-0.25, -0.2) is 13.4 Å². The molecule has 2 heterocycles. The lowest BCUT2D eigenvalue weighted by atomic mass is 10.1. The van der Waals surface area contributed by atoms with E-state index in [1.165, 1.54) is 35.9 Å². The minimum Gasteiger partial charge on any atom is -0.326 e. The Kier molecular flexibility index (Phi) is 5.62. The minimum absolute atomic E-state index is 0.0455. The van der Waals surface area contributed by atoms with Crippen LogP contribution in [-0.2, 0) is 23.1 Å². The van der Waals surface area contributed by atoms with Crippen molar-refractivity contribution in [3.63, 3.8) is 0 Å². The fourth-order valence-electron chi connectivity index (χ4n) is 2.83. The van der Waals surface area contributed by atoms with Crippen LogP contribution in [0.25, 0.3) is 22.8 Å². The summed E-state index contributed by atoms with van der Waals surface area (Å²) in [5, 5.41) is 9.44. The molecule has 3 rings (SSSR count). The largest absolute Gasteiger partial charge is 0.417 e. The molecule has 1 aromatic carbocycles. The van der Waals surface area contributed by atoms with Gasteiger partial charge in [-0.05, 0) is 24.3 Å². The number of nitriles is 1. The van der Waals surface area contributed by atoms with Crippen LogP contribution in [0.1, 0.15) is 18.1 Å². The molecular weight excluding hydrogens is 441 g/mol. The third-order valence-corrected chi connectivity index (χ3v) is 6.54. The highest BCUT2D eigenvalue weighted by Gasteiger charge is 2.34. The molecule has 30 heavy (non-hydrogen) atoms. The van der Waals surface area contributed by atoms with Crippen LogP contribution >= 0.6 is 11.6 Å². The number of rotatable bonds is 4. The van der Waals surface area contributed by atoms with Crippen molar-refractivity contribution in [3.05, 3.63) is 52.8 Å². The number of benzene rings is 1. The monoisotopic (exact) mass is 454 g/mol. The number of imidazole rings is 1. The summed E-state index contributed by atoms with van der Waals surface area (Å²) in [5.41, 5.74) is -0.125. The smallest absolute Gasteiger partial charge is 0.326 e. The van der Waals surface area contributed by atoms with E-state index >= 15 is 0 Å². The van der Waals surface area contributed by atoms with E-state index < -0.39 is 32.2 Å². The van der Waals surface area contributed by atoms with E-state index in [2.05, 4.69) is 9.97 Å². The summed E-state index contributed by atoms with van der Waals surface area (Å²) >= 11 is 6.23. The predicted octanol–water partition coefficient (Wildman–Crippen LogP) is 4.49. The van der Waals surface area contributed by atoms with Gasteiger partial charge in [0.15, 0.2) is 15.7 Å². The van der Waals surface area contributed by atoms with Crippen molar-refractivity contribution in [1.82, 2.24) is 14.5 Å². The second-order valence-corrected chi connectivity index (χ2v) is 8.96. The normalized spacial score (nSPS) is 12.0. The molecule has 0 spiro atoms. The van der Waals surface area contributed by atoms with Gasteiger partial charge in [0.1, 0.15) is 5.69 Å². The molecule has 0 aliphatic rings. The van der Waals surface area contributed by atoms with Gasteiger partial charge in [-0.2, -0.15) is 18.4 Å². The first-order chi connectivity index (χ1) is 14.0. The van der Waals surface area contributed by atoms with Gasteiger partial charge in [0.25, 0.3) is 0 Å². The fraction of sp³-hybridized carbons (Fsp3) is 0.211. The van der Waals surface area contributed by atoms with Crippen molar-refractivity contribution in [1.29, 1.82) is 5.26 Å². The Hall–Kier alpha value is -2.90. The fourth-order valence-corrected chi connectivity index (χ4v) is 4.10. The average Bonchev–Trinajstić information content (AvgIpc) is 3.08. The Balaban J connectivity index is 2.25. The first-order valence-corrected chi connectivity index (χ1v) is 10.5. The molecule has 0 unspecified atom stereocenters. The summed E-state index contributed by atoms with van der Waals surface area (Å²) in [5.74, 6) is -0.361. The van der Waals surface area contributed by atoms with Crippen LogP contribution in [0, 0.1) is 11.3 Å². The maximum Gasteiger partial charge on any atom is 0.417 e. The zero-order chi connectivity index (χ0) is 22.3. The van der Waals surface area contributed by atoms with Crippen LogP contribution in [0.4, 0.5) is 13.2 Å². The van der Waals surface area contributed by atoms with Crippen molar-refractivity contribution in [2.45, 2.75) is 18.0 Å². The Bertz CT molecular complexity index is 1280. The molecule has 0 bridgehead atoms. The second kappa shape index (κ2) is 7.74. The van der Waals surface area contributed by atoms with Crippen molar-refractivity contribution in [3.8, 4) is 28.8 Å². The first-order valence-electron chi connectivity index (χ1n) is 8.51. The maximum absolute atomic E-state index is 13.1. The molecule has 0 aliphatic carbocycles. The third-order valence-electron chi connectivity index (χ3n) is 4.47. The quantitative estimate of drug-likeness (QED) is 0.579. The molecule has 6 nitrogen and oxygen atoms in total. The molecule has 2 aromatic heterocycles. The highest BCUT2D eigenvalue weighted by Crippen LogP contribution is 2.36. The number of halogens is 4. The Morgan fingerprint density at radius 3 is 2.50 bits per heavy atom. The number of alkyl halides is 3. The Labute approximate surface area is 175 Å². The summed E-state index contributed by atoms with van der Waals surface area (Å²) in [6.07, 6.45) is -2.79. The number of aromatic nitrogens is 3. The zero-order valence-electron chi connectivity index (χ0n) is 15.7. The highest BCUT2D eigenvalue weighted by molar-refractivity contribution is 7.91. The van der Waals surface area contributed by atoms with Crippen LogP contribution in [0.2, 0.25) is 5.02 Å². The first kappa shape index (κ1) is 21.8. The van der Waals surface area contributed by atoms with Gasteiger partial charge in [0.2, 0.25) is 0 Å². The molecule has 0 atom stereocenters. The Morgan fingerprint density at radius 1 is 1.20 bits per heavy atom. The van der Waals surface area contributed by atoms with Crippen LogP contribution in [0.15, 0.2) is 41.6 Å². The molecule has 0 amide bonds. The summed E-state index contributed by atoms with van der Waals surface area (Å²) in [6.45, 7) is 1.33. The number of hydrogen-bond acceptors (Lipinski definition) is 5. The lowest BCUT2D eigenvalue weighted by molar-refractivity contribution is -0.138. The molecule has 0 fully saturated rings. The number of pyridine rings is 1. The molecule has 0 N–H and O–H groups in total. The lowest BCUT2D eigenvalue weighted by Crippen LogP contribution is -2.13. The van der Waals surface area contributed by atoms with Crippen LogP contribution in [-0.4, -0.2) is 28.7 Å². The van der Waals surface area contributed by atoms with E-state index in [9.17, 15) is 21.6 Å². The molecule has 3 aromatic rings. The van der Waals surface area contributed by atoms with Gasteiger partial charge < -0.3 is 4.57 Å². The van der Waals surface area contributed by atoms with Crippen molar-refractivity contribution < 1.29 is 21.6 Å². The molecule has 156 valence electrons. The number of nitrogens with zero attached hydrogens (tertiary/aromatic N) is 4. The topological polar surface area (TPSA) is 88.6 Å². The van der Waals surface area contributed by atoms with Gasteiger partial charge in [-0.3, -0.25) is 4.98 Å². The molecule has 11 heteroatoms. The van der Waals surface area contributed by atoms with Crippen molar-refractivity contribution in [2.75, 3.05) is 5.75 Å². The zero-order valence-corrected chi connectivity index (χ0v) is 17.3. The van der Waals surface area contributed by atoms with Gasteiger partial charge in [0.05, 0.1) is 44.8 Å². The molecule has 0 radical (unpaired) electrons. The number of sulfone groups is 1. The second-order valence-electron chi connectivity index (χ2n) is 6.30. The Morgan fingerprint density at radius 2 is 1.90 bits per heavy atom. The standard InChI is InChI=1S/C19H14ClF3N4O2S/c1-3-30(28,29)16-7-12(19(21,22)23)9-25-17(16)18-26-10-15(27(18)2)13-6-11(8-24)4-5-14(13)20/h4-7,9-10H,3H2,1-2H3. The van der Waals surface area contributed by atoms with Crippen LogP contribution < -0.4 is 0 Å². The maximum atomic E-state index is 13.1. The summed E-state index contributed by atoms with van der Waals surface area (Å²) in [6, 6.07) is 7.16. The van der Waals surface area contributed by atoms with E-state index in [1.54, 1.807) is 7.05 Å². The van der Waals surface area contributed by atoms with Crippen LogP contribution in [0.5, 0.6) is 0 Å². The van der Waals surface area contributed by atoms with Gasteiger partial charge in [0, 0.05) is 18.8 Å². The van der Waals surface area contributed by atoms with Gasteiger partial charge in [-0.1, -0.05) is 18.5 Å². The van der Waals surface area contributed by atoms with E-state index in [-0.39, 0.29) is 11.5 Å². The molecule has 0 saturated heterocycles. The third kappa shape index (κ3) is 3.91. The lowest BCUT2D eigenvalue weighted by Gasteiger charge is -2.13. The molecular formula is C19H14ClF3N4O2S.